The van der Waals surface area contributed by atoms with E-state index in [-0.39, 0.29) is 11.9 Å². The minimum absolute atomic E-state index is 0.0951. The molecule has 0 radical (unpaired) electrons. The summed E-state index contributed by atoms with van der Waals surface area (Å²) in [6.07, 6.45) is 0. The van der Waals surface area contributed by atoms with E-state index >= 15 is 0 Å². The molecule has 2 rings (SSSR count). The van der Waals surface area contributed by atoms with Crippen LogP contribution in [0.1, 0.15) is 29.7 Å². The van der Waals surface area contributed by atoms with Crippen molar-refractivity contribution < 1.29 is 9.13 Å². The van der Waals surface area contributed by atoms with E-state index in [1.165, 1.54) is 12.1 Å². The highest BCUT2D eigenvalue weighted by Crippen LogP contribution is 2.27. The molecule has 0 spiro atoms. The van der Waals surface area contributed by atoms with Gasteiger partial charge < -0.3 is 10.5 Å². The lowest BCUT2D eigenvalue weighted by Gasteiger charge is -2.15. The Bertz CT molecular complexity index is 613. The van der Waals surface area contributed by atoms with Crippen molar-refractivity contribution in [2.75, 3.05) is 0 Å². The first-order valence-electron chi connectivity index (χ1n) is 6.40. The third-order valence-electron chi connectivity index (χ3n) is 3.06. The van der Waals surface area contributed by atoms with Crippen molar-refractivity contribution in [3.05, 3.63) is 63.4 Å². The number of ether oxygens (including phenoxy) is 1. The Hall–Kier alpha value is -1.39. The minimum Gasteiger partial charge on any atom is -0.489 e. The zero-order valence-electron chi connectivity index (χ0n) is 11.5. The van der Waals surface area contributed by atoms with Gasteiger partial charge in [0.05, 0.1) is 0 Å². The maximum absolute atomic E-state index is 13.0. The van der Waals surface area contributed by atoms with Gasteiger partial charge in [0.1, 0.15) is 18.2 Å². The van der Waals surface area contributed by atoms with E-state index in [0.717, 1.165) is 22.4 Å². The van der Waals surface area contributed by atoms with Crippen molar-refractivity contribution in [1.82, 2.24) is 0 Å². The van der Waals surface area contributed by atoms with Crippen LogP contribution in [0.4, 0.5) is 4.39 Å². The van der Waals surface area contributed by atoms with Gasteiger partial charge in [-0.25, -0.2) is 4.39 Å². The number of aryl methyl sites for hydroxylation is 1. The Kier molecular flexibility index (Phi) is 4.78. The second-order valence-electron chi connectivity index (χ2n) is 4.85. The highest BCUT2D eigenvalue weighted by atomic mass is 79.9. The van der Waals surface area contributed by atoms with E-state index in [4.69, 9.17) is 10.5 Å². The lowest BCUT2D eigenvalue weighted by Crippen LogP contribution is -2.08. The Morgan fingerprint density at radius 1 is 1.25 bits per heavy atom. The van der Waals surface area contributed by atoms with Crippen LogP contribution in [0.15, 0.2) is 40.9 Å². The van der Waals surface area contributed by atoms with Crippen molar-refractivity contribution in [2.45, 2.75) is 26.5 Å². The molecule has 0 aliphatic heterocycles. The van der Waals surface area contributed by atoms with Gasteiger partial charge in [0.15, 0.2) is 0 Å². The van der Waals surface area contributed by atoms with Gasteiger partial charge in [-0.1, -0.05) is 34.1 Å². The fourth-order valence-corrected chi connectivity index (χ4v) is 2.40. The van der Waals surface area contributed by atoms with Crippen LogP contribution in [-0.4, -0.2) is 0 Å². The van der Waals surface area contributed by atoms with Crippen LogP contribution in [-0.2, 0) is 6.61 Å². The fraction of sp³-hybridized carbons (Fsp3) is 0.250. The molecule has 0 amide bonds. The molecule has 2 nitrogen and oxygen atoms in total. The number of rotatable bonds is 4. The van der Waals surface area contributed by atoms with Crippen molar-refractivity contribution in [3.63, 3.8) is 0 Å². The average molecular weight is 338 g/mol. The molecule has 2 aromatic rings. The van der Waals surface area contributed by atoms with Gasteiger partial charge in [0.2, 0.25) is 0 Å². The summed E-state index contributed by atoms with van der Waals surface area (Å²) in [6, 6.07) is 10.4. The maximum atomic E-state index is 13.0. The lowest BCUT2D eigenvalue weighted by molar-refractivity contribution is 0.300. The average Bonchev–Trinajstić information content (AvgIpc) is 2.37. The zero-order chi connectivity index (χ0) is 14.7. The van der Waals surface area contributed by atoms with Gasteiger partial charge in [0.25, 0.3) is 0 Å². The Labute approximate surface area is 126 Å². The van der Waals surface area contributed by atoms with E-state index in [9.17, 15) is 4.39 Å². The van der Waals surface area contributed by atoms with Crippen LogP contribution >= 0.6 is 15.9 Å². The summed E-state index contributed by atoms with van der Waals surface area (Å²) in [5, 5.41) is 0. The number of benzene rings is 2. The number of hydrogen-bond donors (Lipinski definition) is 1. The minimum atomic E-state index is -0.271. The zero-order valence-corrected chi connectivity index (χ0v) is 13.1. The summed E-state index contributed by atoms with van der Waals surface area (Å²) in [7, 11) is 0. The Morgan fingerprint density at radius 3 is 2.65 bits per heavy atom. The number of nitrogens with two attached hydrogens (primary N) is 1. The topological polar surface area (TPSA) is 35.2 Å². The van der Waals surface area contributed by atoms with E-state index in [0.29, 0.717) is 11.1 Å². The van der Waals surface area contributed by atoms with Crippen molar-refractivity contribution in [3.8, 4) is 5.75 Å². The third kappa shape index (κ3) is 3.58. The summed E-state index contributed by atoms with van der Waals surface area (Å²) in [5.41, 5.74) is 8.92. The molecular formula is C16H17BrFNO. The van der Waals surface area contributed by atoms with Gasteiger partial charge in [0, 0.05) is 21.6 Å². The molecule has 0 saturated heterocycles. The Balaban J connectivity index is 2.20. The first kappa shape index (κ1) is 15.0. The SMILES string of the molecule is Cc1ccc(C(C)N)c(OCc2ccc(F)cc2Br)c1. The summed E-state index contributed by atoms with van der Waals surface area (Å²) in [4.78, 5) is 0. The molecule has 0 saturated carbocycles. The summed E-state index contributed by atoms with van der Waals surface area (Å²) in [5.74, 6) is 0.503. The Morgan fingerprint density at radius 2 is 2.00 bits per heavy atom. The molecular weight excluding hydrogens is 321 g/mol. The van der Waals surface area contributed by atoms with Crippen molar-refractivity contribution >= 4 is 15.9 Å². The molecule has 0 aromatic heterocycles. The largest absolute Gasteiger partial charge is 0.489 e. The van der Waals surface area contributed by atoms with Crippen LogP contribution < -0.4 is 10.5 Å². The molecule has 20 heavy (non-hydrogen) atoms. The quantitative estimate of drug-likeness (QED) is 0.891. The molecule has 0 aliphatic carbocycles. The van der Waals surface area contributed by atoms with Crippen molar-refractivity contribution in [2.24, 2.45) is 5.73 Å². The van der Waals surface area contributed by atoms with Gasteiger partial charge in [-0.3, -0.25) is 0 Å². The third-order valence-corrected chi connectivity index (χ3v) is 3.80. The van der Waals surface area contributed by atoms with Gasteiger partial charge in [-0.05, 0) is 37.6 Å². The summed E-state index contributed by atoms with van der Waals surface area (Å²) >= 11 is 3.34. The first-order chi connectivity index (χ1) is 9.47. The molecule has 0 aliphatic rings. The summed E-state index contributed by atoms with van der Waals surface area (Å²) < 4.78 is 19.6. The molecule has 1 unspecified atom stereocenters. The van der Waals surface area contributed by atoms with E-state index in [2.05, 4.69) is 15.9 Å². The fourth-order valence-electron chi connectivity index (χ4n) is 1.94. The standard InChI is InChI=1S/C16H17BrFNO/c1-10-3-6-14(11(2)19)16(7-10)20-9-12-4-5-13(18)8-15(12)17/h3-8,11H,9,19H2,1-2H3. The molecule has 1 atom stereocenters. The highest BCUT2D eigenvalue weighted by Gasteiger charge is 2.09. The second-order valence-corrected chi connectivity index (χ2v) is 5.71. The van der Waals surface area contributed by atoms with Crippen LogP contribution in [0.25, 0.3) is 0 Å². The monoisotopic (exact) mass is 337 g/mol. The van der Waals surface area contributed by atoms with E-state index in [1.807, 2.05) is 32.0 Å². The molecule has 2 aromatic carbocycles. The first-order valence-corrected chi connectivity index (χ1v) is 7.19. The van der Waals surface area contributed by atoms with Gasteiger partial charge >= 0.3 is 0 Å². The van der Waals surface area contributed by atoms with E-state index in [1.54, 1.807) is 6.07 Å². The smallest absolute Gasteiger partial charge is 0.124 e. The van der Waals surface area contributed by atoms with Crippen molar-refractivity contribution in [1.29, 1.82) is 0 Å². The molecule has 2 N–H and O–H groups in total. The molecule has 0 bridgehead atoms. The second kappa shape index (κ2) is 6.37. The van der Waals surface area contributed by atoms with Crippen LogP contribution in [0.3, 0.4) is 0 Å². The lowest BCUT2D eigenvalue weighted by atomic mass is 10.1. The predicted octanol–water partition coefficient (Wildman–Crippen LogP) is 4.50. The number of hydrogen-bond acceptors (Lipinski definition) is 2. The van der Waals surface area contributed by atoms with Crippen LogP contribution in [0.2, 0.25) is 0 Å². The van der Waals surface area contributed by atoms with E-state index < -0.39 is 0 Å². The van der Waals surface area contributed by atoms with Gasteiger partial charge in [-0.2, -0.15) is 0 Å². The molecule has 4 heteroatoms. The molecule has 106 valence electrons. The van der Waals surface area contributed by atoms with Gasteiger partial charge in [-0.15, -0.1) is 0 Å². The van der Waals surface area contributed by atoms with Crippen LogP contribution in [0, 0.1) is 12.7 Å². The van der Waals surface area contributed by atoms with Crippen LogP contribution in [0.5, 0.6) is 5.75 Å². The summed E-state index contributed by atoms with van der Waals surface area (Å²) in [6.45, 7) is 4.29. The normalized spacial score (nSPS) is 12.2. The highest BCUT2D eigenvalue weighted by molar-refractivity contribution is 9.10. The predicted molar refractivity (Wildman–Crippen MR) is 82.2 cm³/mol. The number of halogens is 2. The molecule has 0 fully saturated rings. The maximum Gasteiger partial charge on any atom is 0.124 e. The molecule has 0 heterocycles.